The maximum Gasteiger partial charge on any atom is 0.234 e. The maximum absolute atomic E-state index is 12.1. The molecule has 1 N–H and O–H groups in total. The van der Waals surface area contributed by atoms with Crippen LogP contribution in [-0.2, 0) is 4.79 Å². The third-order valence-electron chi connectivity index (χ3n) is 2.63. The van der Waals surface area contributed by atoms with Crippen molar-refractivity contribution in [2.24, 2.45) is 0 Å². The highest BCUT2D eigenvalue weighted by Crippen LogP contribution is 2.29. The number of benzene rings is 1. The number of amides is 1. The van der Waals surface area contributed by atoms with Gasteiger partial charge in [0, 0.05) is 17.1 Å². The lowest BCUT2D eigenvalue weighted by Crippen LogP contribution is -2.20. The number of thioether (sulfide) groups is 1. The van der Waals surface area contributed by atoms with Crippen molar-refractivity contribution in [1.82, 2.24) is 9.78 Å². The van der Waals surface area contributed by atoms with Crippen LogP contribution in [0, 0.1) is 0 Å². The number of aromatic nitrogens is 2. The molecule has 2 aromatic rings. The second kappa shape index (κ2) is 6.54. The molecule has 1 aromatic heterocycles. The summed E-state index contributed by atoms with van der Waals surface area (Å²) in [6, 6.07) is 7.22. The fourth-order valence-electron chi connectivity index (χ4n) is 1.72. The lowest BCUT2D eigenvalue weighted by molar-refractivity contribution is -0.113. The van der Waals surface area contributed by atoms with Crippen molar-refractivity contribution in [2.75, 3.05) is 11.1 Å². The largest absolute Gasteiger partial charge is 0.323 e. The Labute approximate surface area is 133 Å². The Bertz CT molecular complexity index is 620. The van der Waals surface area contributed by atoms with E-state index in [-0.39, 0.29) is 10.7 Å². The van der Waals surface area contributed by atoms with Crippen molar-refractivity contribution in [3.05, 3.63) is 41.7 Å². The van der Waals surface area contributed by atoms with E-state index in [1.807, 2.05) is 18.2 Å². The molecule has 0 atom stereocenters. The molecule has 0 saturated carbocycles. The van der Waals surface area contributed by atoms with E-state index < -0.39 is 0 Å². The molecule has 4 nitrogen and oxygen atoms in total. The van der Waals surface area contributed by atoms with Gasteiger partial charge in [-0.05, 0) is 18.2 Å². The van der Waals surface area contributed by atoms with Gasteiger partial charge >= 0.3 is 0 Å². The van der Waals surface area contributed by atoms with E-state index in [1.165, 1.54) is 0 Å². The summed E-state index contributed by atoms with van der Waals surface area (Å²) in [6.07, 6.45) is 3.46. The minimum absolute atomic E-state index is 0.0504. The molecule has 1 amide bonds. The lowest BCUT2D eigenvalue weighted by Gasteiger charge is -2.18. The first-order chi connectivity index (χ1) is 9.87. The van der Waals surface area contributed by atoms with Crippen molar-refractivity contribution < 1.29 is 4.79 Å². The van der Waals surface area contributed by atoms with Crippen LogP contribution in [0.5, 0.6) is 0 Å². The number of hydrogen-bond donors (Lipinski definition) is 1. The molecule has 0 spiro atoms. The van der Waals surface area contributed by atoms with Crippen LogP contribution in [0.15, 0.2) is 36.7 Å². The van der Waals surface area contributed by atoms with Crippen LogP contribution in [0.4, 0.5) is 5.69 Å². The quantitative estimate of drug-likeness (QED) is 0.925. The van der Waals surface area contributed by atoms with Crippen LogP contribution in [0.2, 0.25) is 5.02 Å². The van der Waals surface area contributed by atoms with Gasteiger partial charge < -0.3 is 5.32 Å². The maximum atomic E-state index is 12.1. The predicted octanol–water partition coefficient (Wildman–Crippen LogP) is 4.00. The molecule has 0 unspecified atom stereocenters. The molecule has 0 aliphatic carbocycles. The van der Waals surface area contributed by atoms with Crippen LogP contribution in [0.3, 0.4) is 0 Å². The number of halogens is 1. The van der Waals surface area contributed by atoms with Gasteiger partial charge in [0.25, 0.3) is 0 Å². The highest BCUT2D eigenvalue weighted by atomic mass is 35.5. The fourth-order valence-corrected chi connectivity index (χ4v) is 2.62. The smallest absolute Gasteiger partial charge is 0.234 e. The molecule has 6 heteroatoms. The molecule has 1 aromatic carbocycles. The van der Waals surface area contributed by atoms with E-state index in [0.717, 1.165) is 0 Å². The molecular weight excluding hydrogens is 306 g/mol. The SMILES string of the molecule is CC(C)(C)SCC(=O)Nc1cccc(Cl)c1-n1cccn1. The molecule has 0 saturated heterocycles. The zero-order chi connectivity index (χ0) is 15.5. The number of anilines is 1. The average molecular weight is 324 g/mol. The van der Waals surface area contributed by atoms with Gasteiger partial charge in [-0.2, -0.15) is 5.10 Å². The molecule has 21 heavy (non-hydrogen) atoms. The minimum Gasteiger partial charge on any atom is -0.323 e. The van der Waals surface area contributed by atoms with Crippen molar-refractivity contribution >= 4 is 35.0 Å². The number of hydrogen-bond acceptors (Lipinski definition) is 3. The first kappa shape index (κ1) is 15.9. The number of nitrogens with one attached hydrogen (secondary N) is 1. The third-order valence-corrected chi connectivity index (χ3v) is 4.21. The molecule has 0 fully saturated rings. The predicted molar refractivity (Wildman–Crippen MR) is 89.4 cm³/mol. The standard InChI is InChI=1S/C15H18ClN3OS/c1-15(2,3)21-10-13(20)18-12-7-4-6-11(16)14(12)19-9-5-8-17-19/h4-9H,10H2,1-3H3,(H,18,20). The van der Waals surface area contributed by atoms with E-state index >= 15 is 0 Å². The van der Waals surface area contributed by atoms with E-state index in [9.17, 15) is 4.79 Å². The van der Waals surface area contributed by atoms with Crippen molar-refractivity contribution in [2.45, 2.75) is 25.5 Å². The number of carbonyl (C=O) groups is 1. The van der Waals surface area contributed by atoms with Gasteiger partial charge in [0.15, 0.2) is 0 Å². The summed E-state index contributed by atoms with van der Waals surface area (Å²) in [5.74, 6) is 0.347. The molecule has 1 heterocycles. The van der Waals surface area contributed by atoms with Crippen LogP contribution in [0.1, 0.15) is 20.8 Å². The number of para-hydroxylation sites is 1. The molecule has 112 valence electrons. The van der Waals surface area contributed by atoms with Gasteiger partial charge in [0.05, 0.1) is 16.5 Å². The third kappa shape index (κ3) is 4.51. The van der Waals surface area contributed by atoms with Gasteiger partial charge in [-0.1, -0.05) is 38.4 Å². The summed E-state index contributed by atoms with van der Waals surface area (Å²) in [7, 11) is 0. The van der Waals surface area contributed by atoms with Crippen LogP contribution in [-0.4, -0.2) is 26.2 Å². The van der Waals surface area contributed by atoms with E-state index in [4.69, 9.17) is 11.6 Å². The molecule has 0 aliphatic heterocycles. The van der Waals surface area contributed by atoms with Gasteiger partial charge in [-0.25, -0.2) is 4.68 Å². The second-order valence-electron chi connectivity index (χ2n) is 5.54. The Morgan fingerprint density at radius 2 is 2.14 bits per heavy atom. The monoisotopic (exact) mass is 323 g/mol. The van der Waals surface area contributed by atoms with Crippen LogP contribution >= 0.6 is 23.4 Å². The zero-order valence-electron chi connectivity index (χ0n) is 12.3. The summed E-state index contributed by atoms with van der Waals surface area (Å²) < 4.78 is 1.70. The van der Waals surface area contributed by atoms with Crippen molar-refractivity contribution in [1.29, 1.82) is 0 Å². The highest BCUT2D eigenvalue weighted by molar-refractivity contribution is 8.01. The fraction of sp³-hybridized carbons (Fsp3) is 0.333. The minimum atomic E-state index is -0.0504. The molecule has 0 aliphatic rings. The topological polar surface area (TPSA) is 46.9 Å². The van der Waals surface area contributed by atoms with E-state index in [2.05, 4.69) is 31.2 Å². The summed E-state index contributed by atoms with van der Waals surface area (Å²) in [4.78, 5) is 12.1. The van der Waals surface area contributed by atoms with E-state index in [0.29, 0.717) is 22.2 Å². The summed E-state index contributed by atoms with van der Waals surface area (Å²) in [6.45, 7) is 6.25. The first-order valence-corrected chi connectivity index (χ1v) is 7.95. The van der Waals surface area contributed by atoms with Crippen LogP contribution in [0.25, 0.3) is 5.69 Å². The Morgan fingerprint density at radius 1 is 1.38 bits per heavy atom. The Morgan fingerprint density at radius 3 is 2.76 bits per heavy atom. The molecule has 0 radical (unpaired) electrons. The number of nitrogens with zero attached hydrogens (tertiary/aromatic N) is 2. The van der Waals surface area contributed by atoms with Gasteiger partial charge in [0.1, 0.15) is 5.69 Å². The first-order valence-electron chi connectivity index (χ1n) is 6.59. The normalized spacial score (nSPS) is 11.4. The van der Waals surface area contributed by atoms with E-state index in [1.54, 1.807) is 34.9 Å². The molecule has 2 rings (SSSR count). The zero-order valence-corrected chi connectivity index (χ0v) is 13.8. The second-order valence-corrected chi connectivity index (χ2v) is 7.75. The Kier molecular flexibility index (Phi) is 4.96. The lowest BCUT2D eigenvalue weighted by atomic mass is 10.2. The summed E-state index contributed by atoms with van der Waals surface area (Å²) >= 11 is 7.84. The highest BCUT2D eigenvalue weighted by Gasteiger charge is 2.16. The Hall–Kier alpha value is -1.46. The number of rotatable bonds is 4. The summed E-state index contributed by atoms with van der Waals surface area (Å²) in [5, 5.41) is 7.63. The van der Waals surface area contributed by atoms with Gasteiger partial charge in [0.2, 0.25) is 5.91 Å². The summed E-state index contributed by atoms with van der Waals surface area (Å²) in [5.41, 5.74) is 1.34. The van der Waals surface area contributed by atoms with Gasteiger partial charge in [-0.15, -0.1) is 11.8 Å². The van der Waals surface area contributed by atoms with Crippen molar-refractivity contribution in [3.8, 4) is 5.69 Å². The van der Waals surface area contributed by atoms with Gasteiger partial charge in [-0.3, -0.25) is 4.79 Å². The van der Waals surface area contributed by atoms with Crippen LogP contribution < -0.4 is 5.32 Å². The molecular formula is C15H18ClN3OS. The Balaban J connectivity index is 2.17. The average Bonchev–Trinajstić information content (AvgIpc) is 2.89. The van der Waals surface area contributed by atoms with Crippen molar-refractivity contribution in [3.63, 3.8) is 0 Å². The molecule has 0 bridgehead atoms. The number of carbonyl (C=O) groups excluding carboxylic acids is 1.